The summed E-state index contributed by atoms with van der Waals surface area (Å²) in [5, 5.41) is 5.87. The number of amides is 1. The summed E-state index contributed by atoms with van der Waals surface area (Å²) < 4.78 is 11.2. The van der Waals surface area contributed by atoms with Gasteiger partial charge in [-0.05, 0) is 67.5 Å². The molecule has 2 aromatic rings. The monoisotopic (exact) mass is 398 g/mol. The SMILES string of the molecule is C=C(C)COc1cccc(NC(=S)NC(=O)c2ccc(OCCCC)cc2)c1. The highest BCUT2D eigenvalue weighted by Crippen LogP contribution is 2.18. The van der Waals surface area contributed by atoms with Gasteiger partial charge in [-0.1, -0.05) is 26.0 Å². The minimum Gasteiger partial charge on any atom is -0.494 e. The predicted octanol–water partition coefficient (Wildman–Crippen LogP) is 4.95. The van der Waals surface area contributed by atoms with E-state index in [4.69, 9.17) is 21.7 Å². The molecule has 2 N–H and O–H groups in total. The molecule has 0 radical (unpaired) electrons. The van der Waals surface area contributed by atoms with Gasteiger partial charge in [0.15, 0.2) is 5.11 Å². The van der Waals surface area contributed by atoms with Crippen molar-refractivity contribution >= 4 is 28.9 Å². The summed E-state index contributed by atoms with van der Waals surface area (Å²) >= 11 is 5.24. The number of rotatable bonds is 9. The van der Waals surface area contributed by atoms with Crippen LogP contribution in [0.4, 0.5) is 5.69 Å². The van der Waals surface area contributed by atoms with Gasteiger partial charge in [0.1, 0.15) is 18.1 Å². The molecule has 0 atom stereocenters. The second kappa shape index (κ2) is 11.1. The molecular formula is C22H26N2O3S. The van der Waals surface area contributed by atoms with Crippen LogP contribution in [0.5, 0.6) is 11.5 Å². The summed E-state index contributed by atoms with van der Waals surface area (Å²) in [6.45, 7) is 8.94. The fourth-order valence-corrected chi connectivity index (χ4v) is 2.46. The molecule has 28 heavy (non-hydrogen) atoms. The molecule has 0 aliphatic carbocycles. The van der Waals surface area contributed by atoms with E-state index in [1.54, 1.807) is 24.3 Å². The van der Waals surface area contributed by atoms with E-state index < -0.39 is 0 Å². The maximum atomic E-state index is 12.3. The van der Waals surface area contributed by atoms with Gasteiger partial charge in [0.25, 0.3) is 5.91 Å². The maximum absolute atomic E-state index is 12.3. The van der Waals surface area contributed by atoms with Gasteiger partial charge in [0.2, 0.25) is 0 Å². The van der Waals surface area contributed by atoms with Crippen LogP contribution in [0, 0.1) is 0 Å². The van der Waals surface area contributed by atoms with E-state index in [9.17, 15) is 4.79 Å². The number of hydrogen-bond acceptors (Lipinski definition) is 4. The van der Waals surface area contributed by atoms with E-state index in [0.717, 1.165) is 29.9 Å². The second-order valence-electron chi connectivity index (χ2n) is 6.41. The van der Waals surface area contributed by atoms with Crippen molar-refractivity contribution < 1.29 is 14.3 Å². The number of carbonyl (C=O) groups excluding carboxylic acids is 1. The fourth-order valence-electron chi connectivity index (χ4n) is 2.24. The largest absolute Gasteiger partial charge is 0.494 e. The van der Waals surface area contributed by atoms with Crippen molar-refractivity contribution in [1.29, 1.82) is 0 Å². The van der Waals surface area contributed by atoms with E-state index in [0.29, 0.717) is 24.5 Å². The van der Waals surface area contributed by atoms with Gasteiger partial charge in [0, 0.05) is 17.3 Å². The fraction of sp³-hybridized carbons (Fsp3) is 0.273. The average Bonchev–Trinajstić information content (AvgIpc) is 2.67. The Morgan fingerprint density at radius 3 is 2.54 bits per heavy atom. The molecule has 2 rings (SSSR count). The highest BCUT2D eigenvalue weighted by Gasteiger charge is 2.09. The summed E-state index contributed by atoms with van der Waals surface area (Å²) in [6.07, 6.45) is 2.08. The number of unbranched alkanes of at least 4 members (excludes halogenated alkanes) is 1. The van der Waals surface area contributed by atoms with Crippen LogP contribution >= 0.6 is 12.2 Å². The molecule has 2 aromatic carbocycles. The number of ether oxygens (including phenoxy) is 2. The Balaban J connectivity index is 1.87. The van der Waals surface area contributed by atoms with Gasteiger partial charge in [-0.2, -0.15) is 0 Å². The third kappa shape index (κ3) is 7.40. The topological polar surface area (TPSA) is 59.6 Å². The van der Waals surface area contributed by atoms with E-state index in [1.165, 1.54) is 0 Å². The molecule has 0 bridgehead atoms. The third-order valence-electron chi connectivity index (χ3n) is 3.69. The van der Waals surface area contributed by atoms with Crippen LogP contribution in [0.25, 0.3) is 0 Å². The van der Waals surface area contributed by atoms with Gasteiger partial charge >= 0.3 is 0 Å². The molecule has 148 valence electrons. The Bertz CT molecular complexity index is 819. The van der Waals surface area contributed by atoms with Gasteiger partial charge in [-0.25, -0.2) is 0 Å². The molecule has 0 saturated carbocycles. The van der Waals surface area contributed by atoms with E-state index in [2.05, 4.69) is 24.1 Å². The summed E-state index contributed by atoms with van der Waals surface area (Å²) in [6, 6.07) is 14.3. The highest BCUT2D eigenvalue weighted by atomic mass is 32.1. The number of benzene rings is 2. The molecule has 0 aliphatic heterocycles. The Morgan fingerprint density at radius 2 is 1.86 bits per heavy atom. The Morgan fingerprint density at radius 1 is 1.11 bits per heavy atom. The first-order valence-corrected chi connectivity index (χ1v) is 9.61. The van der Waals surface area contributed by atoms with Crippen molar-refractivity contribution in [3.05, 3.63) is 66.2 Å². The van der Waals surface area contributed by atoms with Crippen molar-refractivity contribution in [2.24, 2.45) is 0 Å². The molecule has 0 aliphatic rings. The molecule has 0 aromatic heterocycles. The molecular weight excluding hydrogens is 372 g/mol. The predicted molar refractivity (Wildman–Crippen MR) is 117 cm³/mol. The van der Waals surface area contributed by atoms with E-state index in [1.807, 2.05) is 31.2 Å². The van der Waals surface area contributed by atoms with E-state index in [-0.39, 0.29) is 11.0 Å². The van der Waals surface area contributed by atoms with Crippen molar-refractivity contribution in [3.8, 4) is 11.5 Å². The molecule has 0 heterocycles. The van der Waals surface area contributed by atoms with Crippen molar-refractivity contribution in [2.75, 3.05) is 18.5 Å². The Kier molecular flexibility index (Phi) is 8.49. The van der Waals surface area contributed by atoms with Gasteiger partial charge in [-0.15, -0.1) is 0 Å². The van der Waals surface area contributed by atoms with Crippen LogP contribution in [-0.2, 0) is 0 Å². The summed E-state index contributed by atoms with van der Waals surface area (Å²) in [5.41, 5.74) is 2.16. The first-order chi connectivity index (χ1) is 13.5. The van der Waals surface area contributed by atoms with Gasteiger partial charge < -0.3 is 14.8 Å². The number of thiocarbonyl (C=S) groups is 1. The van der Waals surface area contributed by atoms with Crippen LogP contribution in [-0.4, -0.2) is 24.2 Å². The molecule has 6 heteroatoms. The van der Waals surface area contributed by atoms with Crippen molar-refractivity contribution in [2.45, 2.75) is 26.7 Å². The minimum absolute atomic E-state index is 0.213. The zero-order valence-electron chi connectivity index (χ0n) is 16.3. The lowest BCUT2D eigenvalue weighted by atomic mass is 10.2. The van der Waals surface area contributed by atoms with Gasteiger partial charge in [-0.3, -0.25) is 10.1 Å². The highest BCUT2D eigenvalue weighted by molar-refractivity contribution is 7.80. The molecule has 0 unspecified atom stereocenters. The zero-order chi connectivity index (χ0) is 20.4. The molecule has 1 amide bonds. The lowest BCUT2D eigenvalue weighted by molar-refractivity contribution is 0.0977. The van der Waals surface area contributed by atoms with Crippen molar-refractivity contribution in [3.63, 3.8) is 0 Å². The smallest absolute Gasteiger partial charge is 0.257 e. The molecule has 5 nitrogen and oxygen atoms in total. The Hall–Kier alpha value is -2.86. The summed E-state index contributed by atoms with van der Waals surface area (Å²) in [4.78, 5) is 12.3. The summed E-state index contributed by atoms with van der Waals surface area (Å²) in [7, 11) is 0. The van der Waals surface area contributed by atoms with Crippen LogP contribution in [0.1, 0.15) is 37.0 Å². The number of hydrogen-bond donors (Lipinski definition) is 2. The number of anilines is 1. The molecule has 0 spiro atoms. The van der Waals surface area contributed by atoms with Crippen molar-refractivity contribution in [1.82, 2.24) is 5.32 Å². The lowest BCUT2D eigenvalue weighted by Crippen LogP contribution is -2.34. The zero-order valence-corrected chi connectivity index (χ0v) is 17.1. The average molecular weight is 399 g/mol. The summed E-state index contributed by atoms with van der Waals surface area (Å²) in [5.74, 6) is 1.16. The van der Waals surface area contributed by atoms with Crippen LogP contribution in [0.3, 0.4) is 0 Å². The number of carbonyl (C=O) groups is 1. The van der Waals surface area contributed by atoms with Crippen LogP contribution < -0.4 is 20.1 Å². The maximum Gasteiger partial charge on any atom is 0.257 e. The quantitative estimate of drug-likeness (QED) is 0.356. The molecule has 0 fully saturated rings. The number of nitrogens with one attached hydrogen (secondary N) is 2. The van der Waals surface area contributed by atoms with Crippen LogP contribution in [0.2, 0.25) is 0 Å². The second-order valence-corrected chi connectivity index (χ2v) is 6.82. The van der Waals surface area contributed by atoms with Crippen LogP contribution in [0.15, 0.2) is 60.7 Å². The molecule has 0 saturated heterocycles. The first kappa shape index (κ1) is 21.4. The Labute approximate surface area is 171 Å². The standard InChI is InChI=1S/C22H26N2O3S/c1-4-5-13-26-19-11-9-17(10-12-19)21(25)24-22(28)23-18-7-6-8-20(14-18)27-15-16(2)3/h6-12,14H,2,4-5,13,15H2,1,3H3,(H2,23,24,25,28). The van der Waals surface area contributed by atoms with Gasteiger partial charge in [0.05, 0.1) is 6.61 Å². The normalized spacial score (nSPS) is 10.1. The lowest BCUT2D eigenvalue weighted by Gasteiger charge is -2.12. The first-order valence-electron chi connectivity index (χ1n) is 9.20. The van der Waals surface area contributed by atoms with E-state index >= 15 is 0 Å². The third-order valence-corrected chi connectivity index (χ3v) is 3.89. The minimum atomic E-state index is -0.285.